The number of fused-ring (bicyclic) bond motifs is 2. The number of ether oxygens (including phenoxy) is 1. The van der Waals surface area contributed by atoms with Crippen molar-refractivity contribution in [1.29, 1.82) is 0 Å². The lowest BCUT2D eigenvalue weighted by Crippen LogP contribution is -2.64. The summed E-state index contributed by atoms with van der Waals surface area (Å²) in [5, 5.41) is 3.49. The predicted octanol–water partition coefficient (Wildman–Crippen LogP) is 4.20. The Hall–Kier alpha value is -3.63. The Kier molecular flexibility index (Phi) is 5.71. The van der Waals surface area contributed by atoms with Crippen molar-refractivity contribution in [2.45, 2.75) is 30.8 Å². The van der Waals surface area contributed by atoms with Gasteiger partial charge in [-0.3, -0.25) is 19.6 Å². The number of benzene rings is 2. The maximum Gasteiger partial charge on any atom is 0.330 e. The minimum Gasteiger partial charge on any atom is -0.500 e. The van der Waals surface area contributed by atoms with Gasteiger partial charge in [0.05, 0.1) is 23.7 Å². The fourth-order valence-corrected chi connectivity index (χ4v) is 7.00. The zero-order valence-electron chi connectivity index (χ0n) is 21.8. The summed E-state index contributed by atoms with van der Waals surface area (Å²) < 4.78 is 30.1. The molecule has 0 aromatic heterocycles. The lowest BCUT2D eigenvalue weighted by molar-refractivity contribution is -0.122. The van der Waals surface area contributed by atoms with Crippen LogP contribution >= 0.6 is 11.6 Å². The highest BCUT2D eigenvalue weighted by Gasteiger charge is 2.61. The van der Waals surface area contributed by atoms with Gasteiger partial charge in [-0.2, -0.15) is 0 Å². The third-order valence-corrected chi connectivity index (χ3v) is 9.30. The molecule has 9 nitrogen and oxygen atoms in total. The second kappa shape index (κ2) is 8.69. The second-order valence-electron chi connectivity index (χ2n) is 10.4. The molecule has 1 fully saturated rings. The molecule has 3 heterocycles. The first-order chi connectivity index (χ1) is 18.4. The lowest BCUT2D eigenvalue weighted by Gasteiger charge is -2.52. The van der Waals surface area contributed by atoms with Crippen molar-refractivity contribution in [2.24, 2.45) is 16.3 Å². The molecular formula is C28H27ClN4O5S. The highest BCUT2D eigenvalue weighted by Crippen LogP contribution is 2.56. The summed E-state index contributed by atoms with van der Waals surface area (Å²) in [5.74, 6) is 0.676. The van der Waals surface area contributed by atoms with Crippen LogP contribution in [0.1, 0.15) is 37.1 Å². The molecule has 6 rings (SSSR count). The minimum absolute atomic E-state index is 0.128. The molecular weight excluding hydrogens is 540 g/mol. The van der Waals surface area contributed by atoms with Gasteiger partial charge in [-0.25, -0.2) is 13.2 Å². The van der Waals surface area contributed by atoms with Gasteiger partial charge in [0.2, 0.25) is 5.91 Å². The molecule has 202 valence electrons. The molecule has 4 atom stereocenters. The average molecular weight is 567 g/mol. The normalized spacial score (nSPS) is 28.0. The molecule has 39 heavy (non-hydrogen) atoms. The number of carbonyl (C=O) groups excluding carboxylic acids is 2. The quantitative estimate of drug-likeness (QED) is 0.596. The van der Waals surface area contributed by atoms with Gasteiger partial charge in [0.15, 0.2) is 9.84 Å². The summed E-state index contributed by atoms with van der Waals surface area (Å²) in [6.45, 7) is 3.77. The van der Waals surface area contributed by atoms with Crippen LogP contribution < -0.4 is 5.32 Å². The number of urea groups is 1. The van der Waals surface area contributed by atoms with Crippen molar-refractivity contribution in [2.75, 3.05) is 19.9 Å². The summed E-state index contributed by atoms with van der Waals surface area (Å²) in [4.78, 5) is 35.6. The summed E-state index contributed by atoms with van der Waals surface area (Å²) >= 11 is 6.40. The van der Waals surface area contributed by atoms with Gasteiger partial charge in [0.25, 0.3) is 0 Å². The van der Waals surface area contributed by atoms with Crippen LogP contribution in [0.15, 0.2) is 81.6 Å². The number of rotatable bonds is 4. The Bertz CT molecular complexity index is 1630. The molecule has 0 spiro atoms. The smallest absolute Gasteiger partial charge is 0.330 e. The van der Waals surface area contributed by atoms with Crippen LogP contribution in [0.25, 0.3) is 0 Å². The largest absolute Gasteiger partial charge is 0.500 e. The maximum atomic E-state index is 14.3. The van der Waals surface area contributed by atoms with Crippen LogP contribution in [-0.4, -0.2) is 55.9 Å². The Labute approximate surface area is 231 Å². The Morgan fingerprint density at radius 3 is 2.49 bits per heavy atom. The van der Waals surface area contributed by atoms with Crippen LogP contribution in [-0.2, 0) is 19.4 Å². The first kappa shape index (κ1) is 25.6. The number of carbonyl (C=O) groups is 2. The zero-order valence-corrected chi connectivity index (χ0v) is 23.4. The van der Waals surface area contributed by atoms with Crippen LogP contribution in [0.4, 0.5) is 4.79 Å². The molecule has 1 N–H and O–H groups in total. The molecule has 0 radical (unpaired) electrons. The molecule has 4 unspecified atom stereocenters. The van der Waals surface area contributed by atoms with Crippen molar-refractivity contribution in [3.05, 3.63) is 87.9 Å². The van der Waals surface area contributed by atoms with Crippen molar-refractivity contribution in [3.63, 3.8) is 0 Å². The van der Waals surface area contributed by atoms with Crippen LogP contribution in [0, 0.1) is 11.3 Å². The molecule has 11 heteroatoms. The first-order valence-electron chi connectivity index (χ1n) is 12.5. The van der Waals surface area contributed by atoms with Crippen molar-refractivity contribution >= 4 is 39.2 Å². The molecule has 2 aromatic carbocycles. The van der Waals surface area contributed by atoms with Gasteiger partial charge in [0, 0.05) is 22.9 Å². The number of nitrogens with zero attached hydrogens (tertiary/aromatic N) is 3. The number of hydrogen-bond acceptors (Lipinski definition) is 6. The van der Waals surface area contributed by atoms with E-state index in [-0.39, 0.29) is 29.3 Å². The van der Waals surface area contributed by atoms with E-state index in [2.05, 4.69) is 5.32 Å². The molecule has 3 aliphatic heterocycles. The third-order valence-electron chi connectivity index (χ3n) is 7.93. The van der Waals surface area contributed by atoms with Gasteiger partial charge in [-0.15, -0.1) is 0 Å². The average Bonchev–Trinajstić information content (AvgIpc) is 3.30. The number of sulfone groups is 1. The van der Waals surface area contributed by atoms with E-state index >= 15 is 0 Å². The van der Waals surface area contributed by atoms with Gasteiger partial charge in [-0.05, 0) is 48.4 Å². The van der Waals surface area contributed by atoms with E-state index in [0.717, 1.165) is 17.4 Å². The zero-order chi connectivity index (χ0) is 27.9. The standard InChI is InChI=1S/C28H27ClN4O5S/c1-15-12-20(38-3)28(2)25-22(15)30-21(34)14-32(25)27(35)33-24(17-6-5-7-18(29)13-17)23(31-26(28)33)16-8-10-19(11-9-16)39(4,36)37/h5-13,15,23-24H,14H2,1-4H3,(H,30,34). The van der Waals surface area contributed by atoms with Crippen molar-refractivity contribution < 1.29 is 22.7 Å². The molecule has 0 saturated carbocycles. The van der Waals surface area contributed by atoms with E-state index in [1.54, 1.807) is 48.4 Å². The fourth-order valence-electron chi connectivity index (χ4n) is 6.17. The van der Waals surface area contributed by atoms with Gasteiger partial charge < -0.3 is 10.1 Å². The molecule has 3 amide bonds. The van der Waals surface area contributed by atoms with Crippen molar-refractivity contribution in [3.8, 4) is 0 Å². The molecule has 1 saturated heterocycles. The second-order valence-corrected chi connectivity index (χ2v) is 12.9. The topological polar surface area (TPSA) is 108 Å². The third kappa shape index (κ3) is 3.72. The number of hydrogen-bond donors (Lipinski definition) is 1. The Morgan fingerprint density at radius 1 is 1.13 bits per heavy atom. The number of amidine groups is 1. The predicted molar refractivity (Wildman–Crippen MR) is 145 cm³/mol. The van der Waals surface area contributed by atoms with Crippen LogP contribution in [0.3, 0.4) is 0 Å². The molecule has 1 aliphatic carbocycles. The maximum absolute atomic E-state index is 14.3. The number of amides is 3. The Balaban J connectivity index is 1.60. The molecule has 4 aliphatic rings. The number of allylic oxidation sites excluding steroid dienone is 1. The van der Waals surface area contributed by atoms with E-state index in [1.165, 1.54) is 4.90 Å². The molecule has 2 aromatic rings. The Morgan fingerprint density at radius 2 is 1.85 bits per heavy atom. The summed E-state index contributed by atoms with van der Waals surface area (Å²) in [6.07, 6.45) is 3.10. The number of aliphatic imine (C=N–C) groups is 1. The first-order valence-corrected chi connectivity index (χ1v) is 14.8. The monoisotopic (exact) mass is 566 g/mol. The van der Waals surface area contributed by atoms with Gasteiger partial charge in [-0.1, -0.05) is 42.8 Å². The highest BCUT2D eigenvalue weighted by atomic mass is 35.5. The minimum atomic E-state index is -3.39. The number of halogens is 1. The van der Waals surface area contributed by atoms with Crippen molar-refractivity contribution in [1.82, 2.24) is 15.1 Å². The summed E-state index contributed by atoms with van der Waals surface area (Å²) in [7, 11) is -1.80. The fraction of sp³-hybridized carbons (Fsp3) is 0.321. The van der Waals surface area contributed by atoms with E-state index < -0.39 is 27.3 Å². The summed E-state index contributed by atoms with van der Waals surface area (Å²) in [6, 6.07) is 12.3. The molecule has 0 bridgehead atoms. The van der Waals surface area contributed by atoms with Crippen LogP contribution in [0.2, 0.25) is 5.02 Å². The van der Waals surface area contributed by atoms with Gasteiger partial charge in [0.1, 0.15) is 29.6 Å². The van der Waals surface area contributed by atoms with Crippen LogP contribution in [0.5, 0.6) is 0 Å². The summed E-state index contributed by atoms with van der Waals surface area (Å²) in [5.41, 5.74) is 1.85. The lowest BCUT2D eigenvalue weighted by atomic mass is 9.72. The number of methoxy groups -OCH3 is 1. The van der Waals surface area contributed by atoms with E-state index in [4.69, 9.17) is 21.3 Å². The SMILES string of the molecule is COC1=CC(C)C2=C3N(CC(=O)N2)C(=O)N2C(=NC(c4ccc(S(C)(=O)=O)cc4)C2c2cccc(Cl)c2)C13C. The number of nitrogens with one attached hydrogen (secondary N) is 1. The van der Waals surface area contributed by atoms with E-state index in [1.807, 2.05) is 32.1 Å². The van der Waals surface area contributed by atoms with E-state index in [9.17, 15) is 18.0 Å². The van der Waals surface area contributed by atoms with Gasteiger partial charge >= 0.3 is 6.03 Å². The highest BCUT2D eigenvalue weighted by molar-refractivity contribution is 7.90. The van der Waals surface area contributed by atoms with E-state index in [0.29, 0.717) is 28.0 Å².